The zero-order valence-corrected chi connectivity index (χ0v) is 9.52. The van der Waals surface area contributed by atoms with E-state index in [2.05, 4.69) is 15.1 Å². The molecular formula is C10H15N3O5. The molecule has 0 fully saturated rings. The van der Waals surface area contributed by atoms with E-state index in [-0.39, 0.29) is 5.69 Å². The first-order valence-electron chi connectivity index (χ1n) is 5.53. The summed E-state index contributed by atoms with van der Waals surface area (Å²) < 4.78 is 0. The average Bonchev–Trinajstić information content (AvgIpc) is 3.05. The lowest BCUT2D eigenvalue weighted by Gasteiger charge is -2.19. The Kier molecular flexibility index (Phi) is 3.92. The van der Waals surface area contributed by atoms with Gasteiger partial charge in [0.1, 0.15) is 30.6 Å². The van der Waals surface area contributed by atoms with E-state index in [0.717, 1.165) is 0 Å². The maximum atomic E-state index is 9.77. The largest absolute Gasteiger partial charge is 0.395 e. The maximum Gasteiger partial charge on any atom is 0.155 e. The third kappa shape index (κ3) is 2.51. The minimum atomic E-state index is -1.51. The highest BCUT2D eigenvalue weighted by atomic mass is 16.6. The number of aliphatic hydroxyl groups excluding tert-OH is 4. The highest BCUT2D eigenvalue weighted by Gasteiger charge is 2.28. The molecule has 2 heterocycles. The molecule has 0 radical (unpaired) electrons. The molecule has 5 N–H and O–H groups in total. The molecule has 8 nitrogen and oxygen atoms in total. The van der Waals surface area contributed by atoms with Crippen LogP contribution in [0.15, 0.2) is 11.4 Å². The molecule has 1 aromatic rings. The van der Waals surface area contributed by atoms with Crippen molar-refractivity contribution in [1.29, 1.82) is 0 Å². The predicted molar refractivity (Wildman–Crippen MR) is 59.8 cm³/mol. The van der Waals surface area contributed by atoms with E-state index in [9.17, 15) is 15.3 Å². The zero-order chi connectivity index (χ0) is 13.1. The van der Waals surface area contributed by atoms with Crippen molar-refractivity contribution in [3.05, 3.63) is 17.7 Å². The summed E-state index contributed by atoms with van der Waals surface area (Å²) in [6.07, 6.45) is -2.29. The molecule has 0 unspecified atom stereocenters. The predicted octanol–water partition coefficient (Wildman–Crippen LogP) is -1.72. The highest BCUT2D eigenvalue weighted by molar-refractivity contribution is 5.97. The smallest absolute Gasteiger partial charge is 0.155 e. The summed E-state index contributed by atoms with van der Waals surface area (Å²) in [5, 5.41) is 41.0. The second-order valence-electron chi connectivity index (χ2n) is 3.98. The number of aromatic nitrogens is 2. The number of hydrogen-bond acceptors (Lipinski definition) is 7. The van der Waals surface area contributed by atoms with Gasteiger partial charge in [-0.15, -0.1) is 0 Å². The average molecular weight is 257 g/mol. The standard InChI is InChI=1S/C10H15N3O5/c14-4-7(15)9(17)8(16)6-3-11-10(12-6)5-1-2-18-13-5/h3,7-9,14-17H,1-2,4H2,(H,11,12)/t7-,8-,9-/m1/s1. The first kappa shape index (κ1) is 13.0. The van der Waals surface area contributed by atoms with Crippen molar-refractivity contribution in [2.75, 3.05) is 13.2 Å². The van der Waals surface area contributed by atoms with Crippen molar-refractivity contribution in [3.63, 3.8) is 0 Å². The van der Waals surface area contributed by atoms with Gasteiger partial charge >= 0.3 is 0 Å². The number of aliphatic hydroxyl groups is 4. The number of imidazole rings is 1. The van der Waals surface area contributed by atoms with Crippen LogP contribution in [-0.2, 0) is 4.84 Å². The first-order chi connectivity index (χ1) is 8.63. The molecule has 0 saturated heterocycles. The summed E-state index contributed by atoms with van der Waals surface area (Å²) in [6.45, 7) is -0.157. The van der Waals surface area contributed by atoms with Crippen LogP contribution in [0.5, 0.6) is 0 Å². The van der Waals surface area contributed by atoms with Crippen molar-refractivity contribution in [2.24, 2.45) is 5.16 Å². The van der Waals surface area contributed by atoms with Gasteiger partial charge in [0.15, 0.2) is 5.82 Å². The van der Waals surface area contributed by atoms with Gasteiger partial charge in [-0.25, -0.2) is 4.98 Å². The van der Waals surface area contributed by atoms with Gasteiger partial charge in [0.2, 0.25) is 0 Å². The Morgan fingerprint density at radius 2 is 2.17 bits per heavy atom. The molecule has 1 aromatic heterocycles. The van der Waals surface area contributed by atoms with Crippen molar-refractivity contribution in [2.45, 2.75) is 24.7 Å². The fourth-order valence-electron chi connectivity index (χ4n) is 1.60. The first-order valence-corrected chi connectivity index (χ1v) is 5.53. The summed E-state index contributed by atoms with van der Waals surface area (Å²) in [5.41, 5.74) is 0.797. The zero-order valence-electron chi connectivity index (χ0n) is 9.52. The maximum absolute atomic E-state index is 9.77. The molecule has 0 bridgehead atoms. The molecule has 18 heavy (non-hydrogen) atoms. The second kappa shape index (κ2) is 5.44. The molecule has 2 rings (SSSR count). The van der Waals surface area contributed by atoms with Crippen molar-refractivity contribution in [3.8, 4) is 0 Å². The monoisotopic (exact) mass is 257 g/mol. The van der Waals surface area contributed by atoms with Gasteiger partial charge in [0.25, 0.3) is 0 Å². The Morgan fingerprint density at radius 3 is 2.78 bits per heavy atom. The Labute approximate surface area is 103 Å². The van der Waals surface area contributed by atoms with Crippen molar-refractivity contribution >= 4 is 5.71 Å². The van der Waals surface area contributed by atoms with Crippen LogP contribution in [0.1, 0.15) is 24.0 Å². The summed E-state index contributed by atoms with van der Waals surface area (Å²) in [5.74, 6) is 0.451. The quantitative estimate of drug-likeness (QED) is 0.426. The Bertz CT molecular complexity index is 433. The third-order valence-electron chi connectivity index (χ3n) is 2.68. The van der Waals surface area contributed by atoms with Crippen LogP contribution in [0.3, 0.4) is 0 Å². The summed E-state index contributed by atoms with van der Waals surface area (Å²) in [6, 6.07) is 0. The Morgan fingerprint density at radius 1 is 1.39 bits per heavy atom. The second-order valence-corrected chi connectivity index (χ2v) is 3.98. The lowest BCUT2D eigenvalue weighted by molar-refractivity contribution is -0.0788. The van der Waals surface area contributed by atoms with E-state index in [1.807, 2.05) is 0 Å². The van der Waals surface area contributed by atoms with E-state index in [0.29, 0.717) is 24.6 Å². The highest BCUT2D eigenvalue weighted by Crippen LogP contribution is 2.18. The Hall–Kier alpha value is -1.48. The van der Waals surface area contributed by atoms with Crippen LogP contribution in [0.4, 0.5) is 0 Å². The van der Waals surface area contributed by atoms with Crippen LogP contribution in [0, 0.1) is 0 Å². The lowest BCUT2D eigenvalue weighted by Crippen LogP contribution is -2.34. The van der Waals surface area contributed by atoms with Gasteiger partial charge in [-0.2, -0.15) is 0 Å². The topological polar surface area (TPSA) is 131 Å². The van der Waals surface area contributed by atoms with E-state index in [1.54, 1.807) is 0 Å². The van der Waals surface area contributed by atoms with Gasteiger partial charge in [0, 0.05) is 12.6 Å². The van der Waals surface area contributed by atoms with Gasteiger partial charge in [-0.05, 0) is 0 Å². The number of rotatable bonds is 5. The Balaban J connectivity index is 2.09. The van der Waals surface area contributed by atoms with Crippen LogP contribution in [0.2, 0.25) is 0 Å². The van der Waals surface area contributed by atoms with E-state index >= 15 is 0 Å². The molecule has 3 atom stereocenters. The normalized spacial score (nSPS) is 20.1. The minimum Gasteiger partial charge on any atom is -0.395 e. The van der Waals surface area contributed by atoms with Gasteiger partial charge < -0.3 is 30.2 Å². The van der Waals surface area contributed by atoms with Gasteiger partial charge in [-0.3, -0.25) is 0 Å². The van der Waals surface area contributed by atoms with Crippen LogP contribution in [0.25, 0.3) is 0 Å². The summed E-state index contributed by atoms with van der Waals surface area (Å²) >= 11 is 0. The number of oxime groups is 1. The number of nitrogens with zero attached hydrogens (tertiary/aromatic N) is 2. The fourth-order valence-corrected chi connectivity index (χ4v) is 1.60. The number of hydrogen-bond donors (Lipinski definition) is 5. The summed E-state index contributed by atoms with van der Waals surface area (Å²) in [4.78, 5) is 11.7. The molecule has 100 valence electrons. The molecule has 8 heteroatoms. The molecule has 0 aromatic carbocycles. The molecule has 1 aliphatic heterocycles. The number of aromatic amines is 1. The van der Waals surface area contributed by atoms with Crippen LogP contribution < -0.4 is 0 Å². The molecule has 0 saturated carbocycles. The van der Waals surface area contributed by atoms with Crippen molar-refractivity contribution < 1.29 is 25.3 Å². The van der Waals surface area contributed by atoms with Crippen molar-refractivity contribution in [1.82, 2.24) is 9.97 Å². The van der Waals surface area contributed by atoms with Gasteiger partial charge in [0.05, 0.1) is 12.3 Å². The lowest BCUT2D eigenvalue weighted by atomic mass is 10.1. The number of nitrogens with one attached hydrogen (secondary N) is 1. The molecule has 0 aliphatic carbocycles. The molecule has 0 amide bonds. The van der Waals surface area contributed by atoms with Crippen LogP contribution >= 0.6 is 0 Å². The fraction of sp³-hybridized carbons (Fsp3) is 0.600. The number of H-pyrrole nitrogens is 1. The summed E-state index contributed by atoms with van der Waals surface area (Å²) in [7, 11) is 0. The van der Waals surface area contributed by atoms with E-state index in [1.165, 1.54) is 6.20 Å². The minimum absolute atomic E-state index is 0.166. The van der Waals surface area contributed by atoms with Crippen LogP contribution in [-0.4, -0.2) is 61.5 Å². The van der Waals surface area contributed by atoms with Gasteiger partial charge in [-0.1, -0.05) is 5.16 Å². The molecule has 0 spiro atoms. The van der Waals surface area contributed by atoms with E-state index < -0.39 is 24.9 Å². The molecule has 1 aliphatic rings. The molecular weight excluding hydrogens is 242 g/mol. The SMILES string of the molecule is OC[C@@H](O)[C@@H](O)[C@H](O)c1c[nH]c(C2=NOCC2)n1. The van der Waals surface area contributed by atoms with E-state index in [4.69, 9.17) is 9.94 Å². The third-order valence-corrected chi connectivity index (χ3v) is 2.68.